The van der Waals surface area contributed by atoms with Gasteiger partial charge in [0, 0.05) is 43.2 Å². The number of hydrogen-bond donors (Lipinski definition) is 1. The molecule has 1 unspecified atom stereocenters. The van der Waals surface area contributed by atoms with Crippen LogP contribution in [0.3, 0.4) is 0 Å². The van der Waals surface area contributed by atoms with Gasteiger partial charge in [0.1, 0.15) is 11.9 Å². The molecule has 1 saturated carbocycles. The minimum Gasteiger partial charge on any atom is -0.381 e. The number of amides is 2. The van der Waals surface area contributed by atoms with Gasteiger partial charge in [0.25, 0.3) is 11.8 Å². The van der Waals surface area contributed by atoms with Crippen LogP contribution in [0.4, 0.5) is 13.2 Å². The van der Waals surface area contributed by atoms with Gasteiger partial charge in [0.05, 0.1) is 6.61 Å². The molecule has 1 aliphatic heterocycles. The van der Waals surface area contributed by atoms with Crippen molar-refractivity contribution in [3.8, 4) is 0 Å². The third-order valence-corrected chi connectivity index (χ3v) is 6.13. The maximum atomic E-state index is 14.6. The van der Waals surface area contributed by atoms with Crippen molar-refractivity contribution in [2.45, 2.75) is 50.1 Å². The van der Waals surface area contributed by atoms with E-state index in [0.29, 0.717) is 26.1 Å². The normalized spacial score (nSPS) is 19.3. The zero-order valence-corrected chi connectivity index (χ0v) is 18.2. The number of carbonyl (C=O) groups is 2. The molecule has 2 aromatic rings. The predicted molar refractivity (Wildman–Crippen MR) is 116 cm³/mol. The third-order valence-electron chi connectivity index (χ3n) is 6.13. The lowest BCUT2D eigenvalue weighted by Gasteiger charge is -2.36. The van der Waals surface area contributed by atoms with Gasteiger partial charge in [-0.15, -0.1) is 0 Å². The number of rotatable bonds is 10. The Morgan fingerprint density at radius 3 is 2.55 bits per heavy atom. The molecule has 33 heavy (non-hydrogen) atoms. The number of fused-ring (bicyclic) bond motifs is 1. The number of carbonyl (C=O) groups excluding carboxylic acids is 2. The van der Waals surface area contributed by atoms with Gasteiger partial charge in [-0.2, -0.15) is 0 Å². The van der Waals surface area contributed by atoms with E-state index in [-0.39, 0.29) is 17.7 Å². The van der Waals surface area contributed by atoms with Crippen molar-refractivity contribution in [2.75, 3.05) is 19.8 Å². The molecule has 8 heteroatoms. The van der Waals surface area contributed by atoms with Gasteiger partial charge >= 0.3 is 0 Å². The first-order chi connectivity index (χ1) is 15.9. The first-order valence-electron chi connectivity index (χ1n) is 11.2. The fourth-order valence-corrected chi connectivity index (χ4v) is 4.40. The summed E-state index contributed by atoms with van der Waals surface area (Å²) in [6.45, 7) is 1.33. The quantitative estimate of drug-likeness (QED) is 0.539. The maximum absolute atomic E-state index is 14.6. The topological polar surface area (TPSA) is 58.6 Å². The molecule has 0 saturated heterocycles. The number of halogens is 3. The molecule has 176 valence electrons. The Morgan fingerprint density at radius 1 is 1.06 bits per heavy atom. The lowest BCUT2D eigenvalue weighted by Crippen LogP contribution is -2.53. The summed E-state index contributed by atoms with van der Waals surface area (Å²) in [5.41, 5.74) is 1.36. The van der Waals surface area contributed by atoms with Crippen LogP contribution in [0.2, 0.25) is 0 Å². The number of hydrogen-bond acceptors (Lipinski definition) is 3. The van der Waals surface area contributed by atoms with Crippen LogP contribution in [-0.2, 0) is 16.0 Å². The molecule has 1 N–H and O–H groups in total. The monoisotopic (exact) mass is 460 g/mol. The Labute approximate surface area is 190 Å². The first kappa shape index (κ1) is 23.3. The molecule has 1 fully saturated rings. The number of benzene rings is 2. The summed E-state index contributed by atoms with van der Waals surface area (Å²) >= 11 is 0. The molecular formula is C25H27F3N2O3. The van der Waals surface area contributed by atoms with E-state index in [4.69, 9.17) is 4.74 Å². The summed E-state index contributed by atoms with van der Waals surface area (Å²) in [4.78, 5) is 27.1. The number of nitrogens with one attached hydrogen (secondary N) is 1. The van der Waals surface area contributed by atoms with Crippen molar-refractivity contribution in [1.82, 2.24) is 10.2 Å². The molecule has 5 nitrogen and oxygen atoms in total. The Balaban J connectivity index is 1.31. The highest BCUT2D eigenvalue weighted by molar-refractivity contribution is 6.04. The average Bonchev–Trinajstić information content (AvgIpc) is 3.05. The Hall–Kier alpha value is -2.87. The molecule has 2 aromatic carbocycles. The van der Waals surface area contributed by atoms with Gasteiger partial charge in [-0.3, -0.25) is 9.59 Å². The van der Waals surface area contributed by atoms with Crippen molar-refractivity contribution in [2.24, 2.45) is 0 Å². The highest BCUT2D eigenvalue weighted by atomic mass is 19.3. The van der Waals surface area contributed by atoms with Crippen LogP contribution < -0.4 is 5.32 Å². The van der Waals surface area contributed by atoms with Crippen molar-refractivity contribution < 1.29 is 27.5 Å². The van der Waals surface area contributed by atoms with Gasteiger partial charge in [-0.05, 0) is 37.0 Å². The molecule has 1 atom stereocenters. The van der Waals surface area contributed by atoms with Crippen LogP contribution in [-0.4, -0.2) is 48.4 Å². The average molecular weight is 460 g/mol. The third kappa shape index (κ3) is 5.38. The van der Waals surface area contributed by atoms with Crippen molar-refractivity contribution in [3.63, 3.8) is 0 Å². The summed E-state index contributed by atoms with van der Waals surface area (Å²) in [6, 6.07) is 12.3. The summed E-state index contributed by atoms with van der Waals surface area (Å²) < 4.78 is 46.6. The summed E-state index contributed by atoms with van der Waals surface area (Å²) in [5.74, 6) is -4.47. The lowest BCUT2D eigenvalue weighted by atomic mass is 9.88. The van der Waals surface area contributed by atoms with E-state index in [0.717, 1.165) is 6.42 Å². The minimum atomic E-state index is -2.78. The van der Waals surface area contributed by atoms with Crippen molar-refractivity contribution in [3.05, 3.63) is 71.0 Å². The van der Waals surface area contributed by atoms with E-state index < -0.39 is 48.5 Å². The van der Waals surface area contributed by atoms with Crippen LogP contribution in [0.5, 0.6) is 0 Å². The largest absolute Gasteiger partial charge is 0.381 e. The molecule has 1 heterocycles. The lowest BCUT2D eigenvalue weighted by molar-refractivity contribution is -0.133. The molecule has 0 spiro atoms. The van der Waals surface area contributed by atoms with Crippen LogP contribution >= 0.6 is 0 Å². The number of alkyl halides is 2. The van der Waals surface area contributed by atoms with Crippen LogP contribution in [0.1, 0.15) is 53.2 Å². The van der Waals surface area contributed by atoms with E-state index >= 15 is 0 Å². The van der Waals surface area contributed by atoms with E-state index in [1.807, 2.05) is 30.3 Å². The summed E-state index contributed by atoms with van der Waals surface area (Å²) in [7, 11) is 0. The van der Waals surface area contributed by atoms with Gasteiger partial charge in [-0.25, -0.2) is 13.2 Å². The fourth-order valence-electron chi connectivity index (χ4n) is 4.40. The predicted octanol–water partition coefficient (Wildman–Crippen LogP) is 4.28. The van der Waals surface area contributed by atoms with Crippen LogP contribution in [0.25, 0.3) is 0 Å². The molecule has 0 radical (unpaired) electrons. The van der Waals surface area contributed by atoms with E-state index in [1.165, 1.54) is 28.7 Å². The zero-order chi connectivity index (χ0) is 23.4. The maximum Gasteiger partial charge on any atom is 0.255 e. The van der Waals surface area contributed by atoms with Crippen LogP contribution in [0, 0.1) is 5.82 Å². The minimum absolute atomic E-state index is 0.0187. The van der Waals surface area contributed by atoms with Crippen molar-refractivity contribution in [1.29, 1.82) is 0 Å². The summed E-state index contributed by atoms with van der Waals surface area (Å²) in [6.07, 6.45) is 1.16. The van der Waals surface area contributed by atoms with Crippen molar-refractivity contribution >= 4 is 11.8 Å². The van der Waals surface area contributed by atoms with E-state index in [9.17, 15) is 22.8 Å². The van der Waals surface area contributed by atoms with Gasteiger partial charge < -0.3 is 15.0 Å². The smallest absolute Gasteiger partial charge is 0.255 e. The molecule has 2 amide bonds. The van der Waals surface area contributed by atoms with E-state index in [1.54, 1.807) is 0 Å². The second-order valence-electron chi connectivity index (χ2n) is 8.63. The molecule has 1 aliphatic carbocycles. The number of ether oxygens (including phenoxy) is 1. The first-order valence-corrected chi connectivity index (χ1v) is 11.2. The Morgan fingerprint density at radius 2 is 1.82 bits per heavy atom. The Kier molecular flexibility index (Phi) is 7.02. The standard InChI is InChI=1S/C25H27F3N2O3/c26-20-10-6-9-19-21(20)22(23(31)29-18-15-25(27,28)16-18)30(24(19)32)12-4-5-13-33-14-11-17-7-2-1-3-8-17/h1-3,6-10,18,22H,4-5,11-16H2,(H,29,31). The highest BCUT2D eigenvalue weighted by Crippen LogP contribution is 2.39. The van der Waals surface area contributed by atoms with E-state index in [2.05, 4.69) is 5.32 Å². The molecule has 2 aliphatic rings. The molecule has 0 aromatic heterocycles. The second-order valence-corrected chi connectivity index (χ2v) is 8.63. The highest BCUT2D eigenvalue weighted by Gasteiger charge is 2.48. The van der Waals surface area contributed by atoms with Gasteiger partial charge in [0.15, 0.2) is 0 Å². The number of nitrogens with zero attached hydrogens (tertiary/aromatic N) is 1. The van der Waals surface area contributed by atoms with Gasteiger partial charge in [-0.1, -0.05) is 36.4 Å². The second kappa shape index (κ2) is 9.95. The zero-order valence-electron chi connectivity index (χ0n) is 18.2. The van der Waals surface area contributed by atoms with Crippen LogP contribution in [0.15, 0.2) is 48.5 Å². The van der Waals surface area contributed by atoms with Gasteiger partial charge in [0.2, 0.25) is 5.91 Å². The SMILES string of the molecule is O=C(NC1CC(F)(F)C1)C1c2c(F)cccc2C(=O)N1CCCCOCCc1ccccc1. The Bertz CT molecular complexity index is 992. The molecule has 0 bridgehead atoms. The molecular weight excluding hydrogens is 433 g/mol. The fraction of sp³-hybridized carbons (Fsp3) is 0.440. The number of unbranched alkanes of at least 4 members (excludes halogenated alkanes) is 1. The molecule has 4 rings (SSSR count). The summed E-state index contributed by atoms with van der Waals surface area (Å²) in [5, 5.41) is 2.56.